The lowest BCUT2D eigenvalue weighted by atomic mass is 10.0. The molecule has 1 unspecified atom stereocenters. The summed E-state index contributed by atoms with van der Waals surface area (Å²) < 4.78 is 13.4. The van der Waals surface area contributed by atoms with Crippen LogP contribution >= 0.6 is 0 Å². The highest BCUT2D eigenvalue weighted by Crippen LogP contribution is 2.21. The fourth-order valence-electron chi connectivity index (χ4n) is 1.51. The van der Waals surface area contributed by atoms with E-state index in [1.54, 1.807) is 6.92 Å². The van der Waals surface area contributed by atoms with Gasteiger partial charge in [0, 0.05) is 0 Å². The van der Waals surface area contributed by atoms with E-state index in [0.29, 0.717) is 12.8 Å². The van der Waals surface area contributed by atoms with Crippen LogP contribution in [0.25, 0.3) is 0 Å². The van der Waals surface area contributed by atoms with Crippen molar-refractivity contribution in [2.45, 2.75) is 39.2 Å². The molecule has 0 aliphatic rings. The normalized spacial score (nSPS) is 12.8. The summed E-state index contributed by atoms with van der Waals surface area (Å²) in [7, 11) is 0. The molecule has 2 nitrogen and oxygen atoms in total. The summed E-state index contributed by atoms with van der Waals surface area (Å²) in [6.07, 6.45) is 1.64. The van der Waals surface area contributed by atoms with Crippen LogP contribution in [0.15, 0.2) is 12.1 Å². The second-order valence-corrected chi connectivity index (χ2v) is 3.89. The summed E-state index contributed by atoms with van der Waals surface area (Å²) in [6, 6.07) is 3.39. The number of benzene rings is 1. The van der Waals surface area contributed by atoms with E-state index in [1.807, 2.05) is 13.0 Å². The van der Waals surface area contributed by atoms with Gasteiger partial charge in [-0.25, -0.2) is 4.39 Å². The number of nitrogen functional groups attached to an aromatic ring is 1. The zero-order valence-electron chi connectivity index (χ0n) is 9.26. The number of hydrogen-bond donors (Lipinski definition) is 2. The van der Waals surface area contributed by atoms with Crippen LogP contribution in [0.3, 0.4) is 0 Å². The first-order chi connectivity index (χ1) is 7.04. The predicted octanol–water partition coefficient (Wildman–Crippen LogP) is 2.28. The van der Waals surface area contributed by atoms with Crippen LogP contribution in [-0.2, 0) is 12.8 Å². The van der Waals surface area contributed by atoms with Crippen molar-refractivity contribution in [1.82, 2.24) is 0 Å². The summed E-state index contributed by atoms with van der Waals surface area (Å²) in [5.41, 5.74) is 7.60. The Morgan fingerprint density at radius 1 is 1.47 bits per heavy atom. The first-order valence-electron chi connectivity index (χ1n) is 5.29. The van der Waals surface area contributed by atoms with Crippen molar-refractivity contribution >= 4 is 5.69 Å². The fraction of sp³-hybridized carbons (Fsp3) is 0.500. The van der Waals surface area contributed by atoms with Crippen LogP contribution in [0.4, 0.5) is 10.1 Å². The van der Waals surface area contributed by atoms with Gasteiger partial charge in [0.2, 0.25) is 0 Å². The summed E-state index contributed by atoms with van der Waals surface area (Å²) in [6.45, 7) is 3.69. The monoisotopic (exact) mass is 211 g/mol. The van der Waals surface area contributed by atoms with Crippen LogP contribution in [-0.4, -0.2) is 11.2 Å². The number of anilines is 1. The molecular formula is C12H18FNO. The van der Waals surface area contributed by atoms with Gasteiger partial charge in [-0.3, -0.25) is 0 Å². The molecule has 0 amide bonds. The van der Waals surface area contributed by atoms with Crippen molar-refractivity contribution in [3.63, 3.8) is 0 Å². The van der Waals surface area contributed by atoms with Gasteiger partial charge in [0.25, 0.3) is 0 Å². The quantitative estimate of drug-likeness (QED) is 0.750. The number of aliphatic hydroxyl groups is 1. The number of hydrogen-bond acceptors (Lipinski definition) is 2. The lowest BCUT2D eigenvalue weighted by molar-refractivity contribution is 0.185. The minimum atomic E-state index is -0.377. The molecule has 0 saturated carbocycles. The van der Waals surface area contributed by atoms with Crippen LogP contribution < -0.4 is 5.73 Å². The molecule has 84 valence electrons. The summed E-state index contributed by atoms with van der Waals surface area (Å²) >= 11 is 0. The number of nitrogens with two attached hydrogens (primary N) is 1. The summed E-state index contributed by atoms with van der Waals surface area (Å²) in [5.74, 6) is -0.352. The molecule has 0 spiro atoms. The van der Waals surface area contributed by atoms with Gasteiger partial charge < -0.3 is 10.8 Å². The molecule has 1 aromatic carbocycles. The second-order valence-electron chi connectivity index (χ2n) is 3.89. The Bertz CT molecular complexity index is 337. The highest BCUT2D eigenvalue weighted by Gasteiger charge is 2.08. The summed E-state index contributed by atoms with van der Waals surface area (Å²) in [5, 5.41) is 9.17. The zero-order valence-corrected chi connectivity index (χ0v) is 9.26. The molecule has 0 heterocycles. The molecule has 1 rings (SSSR count). The van der Waals surface area contributed by atoms with E-state index in [9.17, 15) is 4.39 Å². The van der Waals surface area contributed by atoms with E-state index in [0.717, 1.165) is 17.5 Å². The Morgan fingerprint density at radius 3 is 2.67 bits per heavy atom. The molecule has 1 atom stereocenters. The SMILES string of the molecule is CCc1cc(F)c(N)c(CCC(C)O)c1. The average Bonchev–Trinajstić information content (AvgIpc) is 2.19. The Balaban J connectivity index is 2.90. The molecule has 1 aromatic rings. The van der Waals surface area contributed by atoms with Crippen molar-refractivity contribution in [3.05, 3.63) is 29.1 Å². The van der Waals surface area contributed by atoms with Crippen LogP contribution in [0, 0.1) is 5.82 Å². The van der Waals surface area contributed by atoms with Crippen LogP contribution in [0.2, 0.25) is 0 Å². The predicted molar refractivity (Wildman–Crippen MR) is 60.2 cm³/mol. The van der Waals surface area contributed by atoms with Crippen molar-refractivity contribution in [2.24, 2.45) is 0 Å². The molecule has 0 fully saturated rings. The number of aliphatic hydroxyl groups excluding tert-OH is 1. The van der Waals surface area contributed by atoms with Crippen molar-refractivity contribution in [2.75, 3.05) is 5.73 Å². The van der Waals surface area contributed by atoms with Gasteiger partial charge in [0.15, 0.2) is 0 Å². The highest BCUT2D eigenvalue weighted by atomic mass is 19.1. The molecule has 15 heavy (non-hydrogen) atoms. The summed E-state index contributed by atoms with van der Waals surface area (Å²) in [4.78, 5) is 0. The lowest BCUT2D eigenvalue weighted by Gasteiger charge is -2.10. The van der Waals surface area contributed by atoms with E-state index in [-0.39, 0.29) is 17.6 Å². The number of rotatable bonds is 4. The van der Waals surface area contributed by atoms with Crippen LogP contribution in [0.1, 0.15) is 31.4 Å². The lowest BCUT2D eigenvalue weighted by Crippen LogP contribution is -2.05. The third-order valence-corrected chi connectivity index (χ3v) is 2.51. The third kappa shape index (κ3) is 3.20. The Hall–Kier alpha value is -1.09. The second kappa shape index (κ2) is 5.12. The molecule has 0 aromatic heterocycles. The number of halogens is 1. The van der Waals surface area contributed by atoms with Crippen LogP contribution in [0.5, 0.6) is 0 Å². The molecule has 0 aliphatic carbocycles. The van der Waals surface area contributed by atoms with Gasteiger partial charge >= 0.3 is 0 Å². The number of aryl methyl sites for hydroxylation is 2. The smallest absolute Gasteiger partial charge is 0.146 e. The van der Waals surface area contributed by atoms with Gasteiger partial charge in [-0.1, -0.05) is 13.0 Å². The van der Waals surface area contributed by atoms with E-state index in [1.165, 1.54) is 6.07 Å². The largest absolute Gasteiger partial charge is 0.396 e. The first kappa shape index (κ1) is 12.0. The average molecular weight is 211 g/mol. The molecule has 0 saturated heterocycles. The maximum Gasteiger partial charge on any atom is 0.146 e. The molecule has 0 radical (unpaired) electrons. The standard InChI is InChI=1S/C12H18FNO/c1-3-9-6-10(5-4-8(2)15)12(14)11(13)7-9/h6-8,15H,3-5,14H2,1-2H3. The minimum Gasteiger partial charge on any atom is -0.396 e. The van der Waals surface area contributed by atoms with Crippen molar-refractivity contribution in [1.29, 1.82) is 0 Å². The fourth-order valence-corrected chi connectivity index (χ4v) is 1.51. The van der Waals surface area contributed by atoms with Crippen molar-refractivity contribution < 1.29 is 9.50 Å². The van der Waals surface area contributed by atoms with E-state index >= 15 is 0 Å². The van der Waals surface area contributed by atoms with Gasteiger partial charge in [-0.15, -0.1) is 0 Å². The van der Waals surface area contributed by atoms with Gasteiger partial charge in [0.1, 0.15) is 5.82 Å². The van der Waals surface area contributed by atoms with E-state index < -0.39 is 0 Å². The molecule has 3 N–H and O–H groups in total. The molecular weight excluding hydrogens is 193 g/mol. The topological polar surface area (TPSA) is 46.2 Å². The Kier molecular flexibility index (Phi) is 4.09. The minimum absolute atomic E-state index is 0.216. The third-order valence-electron chi connectivity index (χ3n) is 2.51. The van der Waals surface area contributed by atoms with Gasteiger partial charge in [-0.05, 0) is 43.4 Å². The maximum absolute atomic E-state index is 13.4. The van der Waals surface area contributed by atoms with Crippen molar-refractivity contribution in [3.8, 4) is 0 Å². The Morgan fingerprint density at radius 2 is 2.13 bits per heavy atom. The Labute approximate surface area is 89.9 Å². The van der Waals surface area contributed by atoms with E-state index in [4.69, 9.17) is 10.8 Å². The molecule has 0 aliphatic heterocycles. The first-order valence-corrected chi connectivity index (χ1v) is 5.29. The highest BCUT2D eigenvalue weighted by molar-refractivity contribution is 5.50. The van der Waals surface area contributed by atoms with Gasteiger partial charge in [-0.2, -0.15) is 0 Å². The molecule has 0 bridgehead atoms. The molecule has 3 heteroatoms. The van der Waals surface area contributed by atoms with E-state index in [2.05, 4.69) is 0 Å². The zero-order chi connectivity index (χ0) is 11.4. The van der Waals surface area contributed by atoms with Gasteiger partial charge in [0.05, 0.1) is 11.8 Å². The maximum atomic E-state index is 13.4.